The van der Waals surface area contributed by atoms with Crippen LogP contribution in [-0.2, 0) is 0 Å². The van der Waals surface area contributed by atoms with Crippen molar-refractivity contribution in [2.75, 3.05) is 11.4 Å². The maximum atomic E-state index is 13.8. The Balaban J connectivity index is 2.43. The fraction of sp³-hybridized carbons (Fsp3) is 0.154. The fourth-order valence-corrected chi connectivity index (χ4v) is 1.78. The number of hydrogen-bond donors (Lipinski definition) is 0. The summed E-state index contributed by atoms with van der Waals surface area (Å²) in [5.41, 5.74) is 0.742. The zero-order chi connectivity index (χ0) is 13.7. The average molecular weight is 277 g/mol. The molecule has 0 saturated heterocycles. The van der Waals surface area contributed by atoms with Crippen molar-refractivity contribution in [1.29, 1.82) is 5.26 Å². The third-order valence-corrected chi connectivity index (χ3v) is 2.65. The molecule has 0 saturated carbocycles. The summed E-state index contributed by atoms with van der Waals surface area (Å²) < 4.78 is 13.8. The zero-order valence-electron chi connectivity index (χ0n) is 9.92. The van der Waals surface area contributed by atoms with Gasteiger partial charge >= 0.3 is 0 Å². The van der Waals surface area contributed by atoms with E-state index in [0.717, 1.165) is 11.9 Å². The molecule has 2 rings (SSSR count). The van der Waals surface area contributed by atoms with Gasteiger partial charge in [0, 0.05) is 12.2 Å². The van der Waals surface area contributed by atoms with Crippen molar-refractivity contribution in [2.24, 2.45) is 0 Å². The molecule has 96 valence electrons. The van der Waals surface area contributed by atoms with E-state index in [0.29, 0.717) is 6.54 Å². The summed E-state index contributed by atoms with van der Waals surface area (Å²) >= 11 is 5.70. The van der Waals surface area contributed by atoms with E-state index < -0.39 is 5.82 Å². The van der Waals surface area contributed by atoms with E-state index in [1.807, 2.05) is 36.4 Å². The number of benzene rings is 1. The van der Waals surface area contributed by atoms with E-state index in [2.05, 4.69) is 9.97 Å². The summed E-state index contributed by atoms with van der Waals surface area (Å²) in [6.07, 6.45) is 1.27. The standard InChI is InChI=1S/C13H10ClFN4/c14-13-17-9-11(15)12(18-13)19(8-4-7-16)10-5-2-1-3-6-10/h1-3,5-6,9H,4,8H2. The summed E-state index contributed by atoms with van der Waals surface area (Å²) in [5, 5.41) is 8.67. The van der Waals surface area contributed by atoms with Gasteiger partial charge in [-0.2, -0.15) is 10.2 Å². The number of aromatic nitrogens is 2. The number of para-hydroxylation sites is 1. The topological polar surface area (TPSA) is 52.8 Å². The Hall–Kier alpha value is -2.19. The van der Waals surface area contributed by atoms with Gasteiger partial charge in [-0.1, -0.05) is 18.2 Å². The molecule has 1 aromatic heterocycles. The molecule has 1 heterocycles. The Labute approximate surface area is 115 Å². The van der Waals surface area contributed by atoms with Gasteiger partial charge in [0.05, 0.1) is 18.7 Å². The van der Waals surface area contributed by atoms with Crippen LogP contribution >= 0.6 is 11.6 Å². The van der Waals surface area contributed by atoms with Crippen LogP contribution in [0.5, 0.6) is 0 Å². The van der Waals surface area contributed by atoms with Crippen molar-refractivity contribution in [3.63, 3.8) is 0 Å². The first-order valence-corrected chi connectivity index (χ1v) is 5.97. The second kappa shape index (κ2) is 6.12. The Morgan fingerprint density at radius 1 is 1.32 bits per heavy atom. The van der Waals surface area contributed by atoms with Gasteiger partial charge in [-0.05, 0) is 23.7 Å². The van der Waals surface area contributed by atoms with E-state index in [1.54, 1.807) is 4.90 Å². The van der Waals surface area contributed by atoms with E-state index in [-0.39, 0.29) is 17.5 Å². The summed E-state index contributed by atoms with van der Waals surface area (Å²) in [5.74, 6) is -0.507. The van der Waals surface area contributed by atoms with Crippen LogP contribution in [0.2, 0.25) is 5.28 Å². The molecule has 0 N–H and O–H groups in total. The summed E-state index contributed by atoms with van der Waals surface area (Å²) in [4.78, 5) is 9.08. The molecule has 1 aromatic carbocycles. The predicted molar refractivity (Wildman–Crippen MR) is 70.7 cm³/mol. The van der Waals surface area contributed by atoms with Crippen molar-refractivity contribution >= 4 is 23.1 Å². The van der Waals surface area contributed by atoms with Crippen LogP contribution in [0.4, 0.5) is 15.9 Å². The molecule has 0 amide bonds. The molecule has 0 aliphatic rings. The van der Waals surface area contributed by atoms with Gasteiger partial charge in [-0.3, -0.25) is 0 Å². The van der Waals surface area contributed by atoms with Crippen LogP contribution < -0.4 is 4.90 Å². The van der Waals surface area contributed by atoms with Gasteiger partial charge in [-0.15, -0.1) is 0 Å². The molecule has 0 atom stereocenters. The quantitative estimate of drug-likeness (QED) is 0.804. The second-order valence-corrected chi connectivity index (χ2v) is 4.04. The SMILES string of the molecule is N#CCCN(c1ccccc1)c1nc(Cl)ncc1F. The smallest absolute Gasteiger partial charge is 0.224 e. The first kappa shape index (κ1) is 13.2. The van der Waals surface area contributed by atoms with Crippen molar-refractivity contribution < 1.29 is 4.39 Å². The Kier molecular flexibility index (Phi) is 4.26. The molecule has 0 aliphatic carbocycles. The lowest BCUT2D eigenvalue weighted by atomic mass is 10.2. The van der Waals surface area contributed by atoms with Crippen LogP contribution in [0.25, 0.3) is 0 Å². The third-order valence-electron chi connectivity index (χ3n) is 2.47. The highest BCUT2D eigenvalue weighted by molar-refractivity contribution is 6.28. The first-order valence-electron chi connectivity index (χ1n) is 5.60. The highest BCUT2D eigenvalue weighted by atomic mass is 35.5. The van der Waals surface area contributed by atoms with Crippen LogP contribution in [0.3, 0.4) is 0 Å². The molecular formula is C13H10ClFN4. The van der Waals surface area contributed by atoms with E-state index in [9.17, 15) is 4.39 Å². The molecule has 0 fully saturated rings. The zero-order valence-corrected chi connectivity index (χ0v) is 10.7. The predicted octanol–water partition coefficient (Wildman–Crippen LogP) is 3.32. The lowest BCUT2D eigenvalue weighted by Gasteiger charge is -2.23. The van der Waals surface area contributed by atoms with Gasteiger partial charge in [0.1, 0.15) is 0 Å². The Bertz CT molecular complexity index is 597. The van der Waals surface area contributed by atoms with E-state index in [1.165, 1.54) is 0 Å². The first-order chi connectivity index (χ1) is 9.22. The van der Waals surface area contributed by atoms with Crippen LogP contribution in [0.15, 0.2) is 36.5 Å². The highest BCUT2D eigenvalue weighted by Crippen LogP contribution is 2.26. The molecule has 6 heteroatoms. The Morgan fingerprint density at radius 3 is 2.74 bits per heavy atom. The van der Waals surface area contributed by atoms with E-state index in [4.69, 9.17) is 16.9 Å². The molecule has 0 aliphatic heterocycles. The van der Waals surface area contributed by atoms with Gasteiger partial charge in [0.15, 0.2) is 11.6 Å². The maximum absolute atomic E-state index is 13.8. The number of anilines is 2. The average Bonchev–Trinajstić information content (AvgIpc) is 2.44. The number of halogens is 2. The minimum absolute atomic E-state index is 0.0331. The van der Waals surface area contributed by atoms with Crippen molar-refractivity contribution in [1.82, 2.24) is 9.97 Å². The molecule has 0 spiro atoms. The number of nitrogens with zero attached hydrogens (tertiary/aromatic N) is 4. The van der Waals surface area contributed by atoms with Crippen LogP contribution in [0.1, 0.15) is 6.42 Å². The minimum Gasteiger partial charge on any atom is -0.323 e. The molecule has 0 bridgehead atoms. The minimum atomic E-state index is -0.578. The maximum Gasteiger partial charge on any atom is 0.224 e. The summed E-state index contributed by atoms with van der Waals surface area (Å²) in [7, 11) is 0. The lowest BCUT2D eigenvalue weighted by Crippen LogP contribution is -2.21. The van der Waals surface area contributed by atoms with Crippen LogP contribution in [-0.4, -0.2) is 16.5 Å². The number of nitriles is 1. The van der Waals surface area contributed by atoms with Gasteiger partial charge in [-0.25, -0.2) is 9.37 Å². The van der Waals surface area contributed by atoms with E-state index >= 15 is 0 Å². The Morgan fingerprint density at radius 2 is 2.05 bits per heavy atom. The lowest BCUT2D eigenvalue weighted by molar-refractivity contribution is 0.610. The van der Waals surface area contributed by atoms with Gasteiger partial charge in [0.2, 0.25) is 5.28 Å². The third kappa shape index (κ3) is 3.18. The molecule has 0 radical (unpaired) electrons. The molecule has 4 nitrogen and oxygen atoms in total. The normalized spacial score (nSPS) is 9.95. The fourth-order valence-electron chi connectivity index (χ4n) is 1.65. The highest BCUT2D eigenvalue weighted by Gasteiger charge is 2.16. The monoisotopic (exact) mass is 276 g/mol. The largest absolute Gasteiger partial charge is 0.323 e. The van der Waals surface area contributed by atoms with Crippen molar-refractivity contribution in [2.45, 2.75) is 6.42 Å². The molecule has 19 heavy (non-hydrogen) atoms. The number of rotatable bonds is 4. The van der Waals surface area contributed by atoms with Gasteiger partial charge < -0.3 is 4.90 Å². The summed E-state index contributed by atoms with van der Waals surface area (Å²) in [6.45, 7) is 0.324. The molecular weight excluding hydrogens is 267 g/mol. The second-order valence-electron chi connectivity index (χ2n) is 3.71. The molecule has 0 unspecified atom stereocenters. The van der Waals surface area contributed by atoms with Gasteiger partial charge in [0.25, 0.3) is 0 Å². The van der Waals surface area contributed by atoms with Crippen molar-refractivity contribution in [3.8, 4) is 6.07 Å². The number of hydrogen-bond acceptors (Lipinski definition) is 4. The van der Waals surface area contributed by atoms with Crippen LogP contribution in [0, 0.1) is 17.1 Å². The summed E-state index contributed by atoms with van der Waals surface area (Å²) in [6, 6.07) is 11.2. The molecule has 2 aromatic rings. The van der Waals surface area contributed by atoms with Crippen molar-refractivity contribution in [3.05, 3.63) is 47.6 Å².